The first-order valence-electron chi connectivity index (χ1n) is 9.99. The largest absolute Gasteiger partial charge is 0.454 e. The highest BCUT2D eigenvalue weighted by Crippen LogP contribution is 2.28. The molecule has 1 saturated heterocycles. The number of rotatable bonds is 6. The minimum atomic E-state index is -4.05. The highest BCUT2D eigenvalue weighted by molar-refractivity contribution is 7.89. The molecule has 0 radical (unpaired) electrons. The van der Waals surface area contributed by atoms with Crippen molar-refractivity contribution in [2.75, 3.05) is 18.5 Å². The molecule has 32 heavy (non-hydrogen) atoms. The SMILES string of the molecule is Cc1ccc(S(=O)(=O)N2CC(O)CC2C(=O)OCC(=O)Nc2cccc(Cl)c2C)cc1C. The van der Waals surface area contributed by atoms with Gasteiger partial charge < -0.3 is 15.2 Å². The number of amides is 1. The highest BCUT2D eigenvalue weighted by atomic mass is 35.5. The number of hydrogen-bond donors (Lipinski definition) is 2. The molecule has 172 valence electrons. The lowest BCUT2D eigenvalue weighted by Gasteiger charge is -2.22. The van der Waals surface area contributed by atoms with E-state index in [1.54, 1.807) is 38.1 Å². The van der Waals surface area contributed by atoms with Gasteiger partial charge in [-0.25, -0.2) is 8.42 Å². The van der Waals surface area contributed by atoms with Crippen LogP contribution in [0, 0.1) is 20.8 Å². The second kappa shape index (κ2) is 9.58. The van der Waals surface area contributed by atoms with Crippen molar-refractivity contribution in [3.63, 3.8) is 0 Å². The first kappa shape index (κ1) is 24.2. The van der Waals surface area contributed by atoms with Crippen LogP contribution in [0.25, 0.3) is 0 Å². The maximum Gasteiger partial charge on any atom is 0.325 e. The Morgan fingerprint density at radius 2 is 1.91 bits per heavy atom. The van der Waals surface area contributed by atoms with Crippen LogP contribution in [-0.4, -0.2) is 55.0 Å². The molecule has 2 N–H and O–H groups in total. The molecule has 1 aliphatic heterocycles. The van der Waals surface area contributed by atoms with Crippen molar-refractivity contribution in [2.24, 2.45) is 0 Å². The van der Waals surface area contributed by atoms with Gasteiger partial charge in [0.05, 0.1) is 11.0 Å². The van der Waals surface area contributed by atoms with Crippen molar-refractivity contribution in [1.29, 1.82) is 0 Å². The molecule has 3 rings (SSSR count). The number of esters is 1. The van der Waals surface area contributed by atoms with Crippen molar-refractivity contribution in [1.82, 2.24) is 4.31 Å². The first-order valence-corrected chi connectivity index (χ1v) is 11.8. The number of aliphatic hydroxyl groups excluding tert-OH is 1. The van der Waals surface area contributed by atoms with Gasteiger partial charge in [0, 0.05) is 23.7 Å². The summed E-state index contributed by atoms with van der Waals surface area (Å²) in [4.78, 5) is 24.9. The average Bonchev–Trinajstić information content (AvgIpc) is 3.14. The van der Waals surface area contributed by atoms with Gasteiger partial charge in [0.1, 0.15) is 6.04 Å². The van der Waals surface area contributed by atoms with Crippen LogP contribution < -0.4 is 5.32 Å². The first-order chi connectivity index (χ1) is 15.0. The lowest BCUT2D eigenvalue weighted by Crippen LogP contribution is -2.42. The predicted molar refractivity (Wildman–Crippen MR) is 120 cm³/mol. The van der Waals surface area contributed by atoms with Crippen molar-refractivity contribution in [3.8, 4) is 0 Å². The van der Waals surface area contributed by atoms with E-state index in [0.29, 0.717) is 16.3 Å². The van der Waals surface area contributed by atoms with Crippen LogP contribution in [0.15, 0.2) is 41.3 Å². The second-order valence-electron chi connectivity index (χ2n) is 7.79. The molecule has 1 fully saturated rings. The number of aliphatic hydroxyl groups is 1. The molecule has 2 unspecified atom stereocenters. The number of carbonyl (C=O) groups excluding carboxylic acids is 2. The van der Waals surface area contributed by atoms with Gasteiger partial charge in [-0.05, 0) is 61.7 Å². The minimum Gasteiger partial charge on any atom is -0.454 e. The number of carbonyl (C=O) groups is 2. The van der Waals surface area contributed by atoms with Crippen LogP contribution in [0.1, 0.15) is 23.1 Å². The number of anilines is 1. The van der Waals surface area contributed by atoms with E-state index in [1.807, 2.05) is 6.92 Å². The smallest absolute Gasteiger partial charge is 0.325 e. The zero-order valence-corrected chi connectivity index (χ0v) is 19.5. The Hall–Kier alpha value is -2.46. The lowest BCUT2D eigenvalue weighted by molar-refractivity contribution is -0.150. The van der Waals surface area contributed by atoms with E-state index in [4.69, 9.17) is 16.3 Å². The summed E-state index contributed by atoms with van der Waals surface area (Å²) in [5.41, 5.74) is 2.87. The Bertz CT molecular complexity index is 1150. The molecule has 0 saturated carbocycles. The fraction of sp³-hybridized carbons (Fsp3) is 0.364. The molecule has 0 aliphatic carbocycles. The number of halogens is 1. The third kappa shape index (κ3) is 5.12. The number of sulfonamides is 1. The summed E-state index contributed by atoms with van der Waals surface area (Å²) >= 11 is 6.03. The molecule has 8 nitrogen and oxygen atoms in total. The lowest BCUT2D eigenvalue weighted by atomic mass is 10.1. The topological polar surface area (TPSA) is 113 Å². The predicted octanol–water partition coefficient (Wildman–Crippen LogP) is 2.57. The Morgan fingerprint density at radius 1 is 1.19 bits per heavy atom. The molecule has 2 aromatic carbocycles. The summed E-state index contributed by atoms with van der Waals surface area (Å²) in [5.74, 6) is -1.49. The van der Waals surface area contributed by atoms with E-state index < -0.39 is 40.7 Å². The minimum absolute atomic E-state index is 0.0293. The van der Waals surface area contributed by atoms with E-state index in [0.717, 1.165) is 15.4 Å². The van der Waals surface area contributed by atoms with Gasteiger partial charge in [-0.15, -0.1) is 0 Å². The summed E-state index contributed by atoms with van der Waals surface area (Å²) in [5, 5.41) is 13.1. The normalized spacial score (nSPS) is 19.0. The van der Waals surface area contributed by atoms with E-state index in [-0.39, 0.29) is 17.9 Å². The monoisotopic (exact) mass is 480 g/mol. The van der Waals surface area contributed by atoms with Crippen LogP contribution in [0.3, 0.4) is 0 Å². The summed E-state index contributed by atoms with van der Waals surface area (Å²) in [6.07, 6.45) is -1.13. The number of ether oxygens (including phenoxy) is 1. The maximum atomic E-state index is 13.1. The van der Waals surface area contributed by atoms with Crippen molar-refractivity contribution < 1.29 is 27.9 Å². The number of aryl methyl sites for hydroxylation is 2. The molecule has 1 amide bonds. The van der Waals surface area contributed by atoms with E-state index in [1.165, 1.54) is 12.1 Å². The number of β-amino-alcohol motifs (C(OH)–C–C–N with tert-alkyl or cyclic N) is 1. The van der Waals surface area contributed by atoms with Crippen LogP contribution in [0.2, 0.25) is 5.02 Å². The van der Waals surface area contributed by atoms with Gasteiger partial charge >= 0.3 is 5.97 Å². The van der Waals surface area contributed by atoms with Gasteiger partial charge in [-0.1, -0.05) is 23.7 Å². The fourth-order valence-electron chi connectivity index (χ4n) is 3.44. The Morgan fingerprint density at radius 3 is 2.59 bits per heavy atom. The zero-order valence-electron chi connectivity index (χ0n) is 18.0. The highest BCUT2D eigenvalue weighted by Gasteiger charge is 2.44. The van der Waals surface area contributed by atoms with Crippen LogP contribution >= 0.6 is 11.6 Å². The molecule has 2 atom stereocenters. The van der Waals surface area contributed by atoms with Gasteiger partial charge in [0.2, 0.25) is 10.0 Å². The Kier molecular flexibility index (Phi) is 7.24. The quantitative estimate of drug-likeness (QED) is 0.614. The van der Waals surface area contributed by atoms with E-state index >= 15 is 0 Å². The molecule has 2 aromatic rings. The molecule has 0 bridgehead atoms. The second-order valence-corrected chi connectivity index (χ2v) is 10.1. The molecule has 0 aromatic heterocycles. The Balaban J connectivity index is 1.70. The summed E-state index contributed by atoms with van der Waals surface area (Å²) in [6.45, 7) is 4.55. The van der Waals surface area contributed by atoms with Crippen LogP contribution in [0.4, 0.5) is 5.69 Å². The van der Waals surface area contributed by atoms with Crippen LogP contribution in [0.5, 0.6) is 0 Å². The van der Waals surface area contributed by atoms with Gasteiger partial charge in [-0.3, -0.25) is 9.59 Å². The van der Waals surface area contributed by atoms with Crippen molar-refractivity contribution in [2.45, 2.75) is 44.2 Å². The van der Waals surface area contributed by atoms with E-state index in [2.05, 4.69) is 5.32 Å². The number of nitrogens with one attached hydrogen (secondary N) is 1. The summed E-state index contributed by atoms with van der Waals surface area (Å²) in [6, 6.07) is 8.47. The van der Waals surface area contributed by atoms with Crippen molar-refractivity contribution >= 4 is 39.2 Å². The maximum absolute atomic E-state index is 13.1. The third-order valence-corrected chi connectivity index (χ3v) is 7.76. The standard InChI is InChI=1S/C22H25ClN2O6S/c1-13-7-8-17(9-14(13)2)32(29,30)25-11-16(26)10-20(25)22(28)31-12-21(27)24-19-6-4-5-18(23)15(19)3/h4-9,16,20,26H,10-12H2,1-3H3,(H,24,27). The molecule has 10 heteroatoms. The van der Waals surface area contributed by atoms with Crippen LogP contribution in [-0.2, 0) is 24.3 Å². The molecular weight excluding hydrogens is 456 g/mol. The van der Waals surface area contributed by atoms with Crippen molar-refractivity contribution in [3.05, 3.63) is 58.1 Å². The van der Waals surface area contributed by atoms with Gasteiger partial charge in [-0.2, -0.15) is 4.31 Å². The van der Waals surface area contributed by atoms with Gasteiger partial charge in [0.15, 0.2) is 6.61 Å². The molecular formula is C22H25ClN2O6S. The molecule has 0 spiro atoms. The number of hydrogen-bond acceptors (Lipinski definition) is 6. The number of benzene rings is 2. The number of nitrogens with zero attached hydrogens (tertiary/aromatic N) is 1. The summed E-state index contributed by atoms with van der Waals surface area (Å²) in [7, 11) is -4.05. The Labute approximate surface area is 192 Å². The fourth-order valence-corrected chi connectivity index (χ4v) is 5.32. The third-order valence-electron chi connectivity index (χ3n) is 5.48. The average molecular weight is 481 g/mol. The molecule has 1 heterocycles. The molecule has 1 aliphatic rings. The van der Waals surface area contributed by atoms with E-state index in [9.17, 15) is 23.1 Å². The summed E-state index contributed by atoms with van der Waals surface area (Å²) < 4.78 is 32.3. The van der Waals surface area contributed by atoms with Gasteiger partial charge in [0.25, 0.3) is 5.91 Å². The zero-order chi connectivity index (χ0) is 23.6.